The molecular formula is C18H17ClN2O3. The number of halogens is 1. The standard InChI is InChI=1S/C18H17ClN2O3/c1-11-14(7-12-3-6-17(22)20-9-12)15-8-13(19)4-5-16(15)21(11)10-18(23)24-2/h3-6,8-9H,7,10H2,1-2H3,(H,20,22). The Hall–Kier alpha value is -2.53. The molecule has 0 aliphatic heterocycles. The van der Waals surface area contributed by atoms with Crippen LogP contribution in [0.4, 0.5) is 0 Å². The van der Waals surface area contributed by atoms with Gasteiger partial charge in [0.05, 0.1) is 7.11 Å². The number of rotatable bonds is 4. The molecule has 24 heavy (non-hydrogen) atoms. The first-order chi connectivity index (χ1) is 11.5. The number of benzene rings is 1. The molecule has 1 N–H and O–H groups in total. The van der Waals surface area contributed by atoms with Crippen LogP contribution >= 0.6 is 11.6 Å². The summed E-state index contributed by atoms with van der Waals surface area (Å²) in [4.78, 5) is 25.7. The van der Waals surface area contributed by atoms with E-state index >= 15 is 0 Å². The highest BCUT2D eigenvalue weighted by Gasteiger charge is 2.17. The molecule has 0 aliphatic carbocycles. The number of ether oxygens (including phenoxy) is 1. The number of fused-ring (bicyclic) bond motifs is 1. The van der Waals surface area contributed by atoms with Crippen LogP contribution in [-0.4, -0.2) is 22.6 Å². The summed E-state index contributed by atoms with van der Waals surface area (Å²) < 4.78 is 6.73. The van der Waals surface area contributed by atoms with Crippen molar-refractivity contribution in [3.8, 4) is 0 Å². The number of pyridine rings is 1. The molecule has 3 aromatic rings. The molecule has 6 heteroatoms. The third kappa shape index (κ3) is 3.08. The van der Waals surface area contributed by atoms with Gasteiger partial charge in [0.2, 0.25) is 5.56 Å². The van der Waals surface area contributed by atoms with Gasteiger partial charge >= 0.3 is 5.97 Å². The number of carbonyl (C=O) groups is 1. The number of carbonyl (C=O) groups excluding carboxylic acids is 1. The summed E-state index contributed by atoms with van der Waals surface area (Å²) in [5, 5.41) is 1.63. The van der Waals surface area contributed by atoms with E-state index in [0.717, 1.165) is 27.7 Å². The Kier molecular flexibility index (Phi) is 4.44. The van der Waals surface area contributed by atoms with E-state index in [1.807, 2.05) is 23.6 Å². The number of nitrogens with one attached hydrogen (secondary N) is 1. The molecule has 1 aromatic carbocycles. The molecule has 3 rings (SSSR count). The second-order valence-electron chi connectivity index (χ2n) is 5.63. The third-order valence-corrected chi connectivity index (χ3v) is 4.40. The van der Waals surface area contributed by atoms with Gasteiger partial charge < -0.3 is 14.3 Å². The first-order valence-corrected chi connectivity index (χ1v) is 7.89. The zero-order valence-corrected chi connectivity index (χ0v) is 14.2. The van der Waals surface area contributed by atoms with Crippen molar-refractivity contribution in [1.82, 2.24) is 9.55 Å². The summed E-state index contributed by atoms with van der Waals surface area (Å²) in [6.07, 6.45) is 2.34. The average molecular weight is 345 g/mol. The maximum atomic E-state index is 11.7. The summed E-state index contributed by atoms with van der Waals surface area (Å²) in [5.74, 6) is -0.305. The molecule has 0 aliphatic rings. The smallest absolute Gasteiger partial charge is 0.325 e. The van der Waals surface area contributed by atoms with Crippen LogP contribution in [0.1, 0.15) is 16.8 Å². The van der Waals surface area contributed by atoms with Crippen molar-refractivity contribution < 1.29 is 9.53 Å². The summed E-state index contributed by atoms with van der Waals surface area (Å²) in [6, 6.07) is 8.92. The Morgan fingerprint density at radius 1 is 1.29 bits per heavy atom. The predicted octanol–water partition coefficient (Wildman–Crippen LogP) is 3.06. The monoisotopic (exact) mass is 344 g/mol. The second kappa shape index (κ2) is 6.53. The van der Waals surface area contributed by atoms with E-state index in [1.54, 1.807) is 18.3 Å². The molecule has 0 spiro atoms. The van der Waals surface area contributed by atoms with Crippen molar-refractivity contribution >= 4 is 28.5 Å². The van der Waals surface area contributed by atoms with E-state index < -0.39 is 0 Å². The van der Waals surface area contributed by atoms with Gasteiger partial charge in [-0.15, -0.1) is 0 Å². The van der Waals surface area contributed by atoms with Gasteiger partial charge in [-0.2, -0.15) is 0 Å². The van der Waals surface area contributed by atoms with Gasteiger partial charge in [-0.3, -0.25) is 9.59 Å². The Bertz CT molecular complexity index is 952. The minimum Gasteiger partial charge on any atom is -0.468 e. The van der Waals surface area contributed by atoms with E-state index in [2.05, 4.69) is 4.98 Å². The zero-order chi connectivity index (χ0) is 17.3. The lowest BCUT2D eigenvalue weighted by molar-refractivity contribution is -0.141. The zero-order valence-electron chi connectivity index (χ0n) is 13.4. The van der Waals surface area contributed by atoms with Gasteiger partial charge in [-0.1, -0.05) is 17.7 Å². The van der Waals surface area contributed by atoms with E-state index in [-0.39, 0.29) is 18.1 Å². The molecule has 0 amide bonds. The quantitative estimate of drug-likeness (QED) is 0.740. The van der Waals surface area contributed by atoms with Gasteiger partial charge in [0.15, 0.2) is 0 Å². The molecule has 2 heterocycles. The summed E-state index contributed by atoms with van der Waals surface area (Å²) in [7, 11) is 1.38. The fourth-order valence-corrected chi connectivity index (χ4v) is 3.07. The Morgan fingerprint density at radius 3 is 2.75 bits per heavy atom. The van der Waals surface area contributed by atoms with Crippen LogP contribution in [0.2, 0.25) is 5.02 Å². The topological polar surface area (TPSA) is 64.1 Å². The van der Waals surface area contributed by atoms with Gasteiger partial charge in [0, 0.05) is 40.3 Å². The number of hydrogen-bond acceptors (Lipinski definition) is 3. The highest BCUT2D eigenvalue weighted by molar-refractivity contribution is 6.31. The van der Waals surface area contributed by atoms with Gasteiger partial charge in [0.1, 0.15) is 6.54 Å². The molecule has 2 aromatic heterocycles. The van der Waals surface area contributed by atoms with E-state index in [1.165, 1.54) is 13.2 Å². The van der Waals surface area contributed by atoms with Crippen molar-refractivity contribution in [1.29, 1.82) is 0 Å². The molecule has 5 nitrogen and oxygen atoms in total. The van der Waals surface area contributed by atoms with Crippen molar-refractivity contribution in [3.63, 3.8) is 0 Å². The van der Waals surface area contributed by atoms with E-state index in [4.69, 9.17) is 16.3 Å². The lowest BCUT2D eigenvalue weighted by atomic mass is 10.0. The molecule has 0 bridgehead atoms. The minimum absolute atomic E-state index is 0.133. The normalized spacial score (nSPS) is 11.0. The number of methoxy groups -OCH3 is 1. The number of nitrogens with zero attached hydrogens (tertiary/aromatic N) is 1. The molecule has 0 fully saturated rings. The summed E-state index contributed by atoms with van der Waals surface area (Å²) in [5.41, 5.74) is 3.83. The van der Waals surface area contributed by atoms with Crippen molar-refractivity contribution in [2.24, 2.45) is 0 Å². The second-order valence-corrected chi connectivity index (χ2v) is 6.06. The fraction of sp³-hybridized carbons (Fsp3) is 0.222. The van der Waals surface area contributed by atoms with Crippen molar-refractivity contribution in [2.45, 2.75) is 19.9 Å². The molecular weight excluding hydrogens is 328 g/mol. The molecule has 0 saturated heterocycles. The molecule has 0 atom stereocenters. The fourth-order valence-electron chi connectivity index (χ4n) is 2.90. The number of H-pyrrole nitrogens is 1. The SMILES string of the molecule is COC(=O)Cn1c(C)c(Cc2ccc(=O)[nH]c2)c2cc(Cl)ccc21. The van der Waals surface area contributed by atoms with Crippen molar-refractivity contribution in [3.05, 3.63) is 68.7 Å². The Morgan fingerprint density at radius 2 is 2.08 bits per heavy atom. The van der Waals surface area contributed by atoms with Crippen LogP contribution in [-0.2, 0) is 22.5 Å². The van der Waals surface area contributed by atoms with Gasteiger partial charge in [-0.25, -0.2) is 0 Å². The van der Waals surface area contributed by atoms with Crippen LogP contribution in [0.3, 0.4) is 0 Å². The summed E-state index contributed by atoms with van der Waals surface area (Å²) in [6.45, 7) is 2.12. The number of aromatic amines is 1. The van der Waals surface area contributed by atoms with E-state index in [9.17, 15) is 9.59 Å². The maximum absolute atomic E-state index is 11.7. The first kappa shape index (κ1) is 16.3. The molecule has 0 unspecified atom stereocenters. The number of hydrogen-bond donors (Lipinski definition) is 1. The maximum Gasteiger partial charge on any atom is 0.325 e. The van der Waals surface area contributed by atoms with Crippen LogP contribution in [0.5, 0.6) is 0 Å². The number of esters is 1. The minimum atomic E-state index is -0.305. The lowest BCUT2D eigenvalue weighted by Gasteiger charge is -2.07. The molecule has 124 valence electrons. The van der Waals surface area contributed by atoms with Crippen LogP contribution in [0.15, 0.2) is 41.3 Å². The third-order valence-electron chi connectivity index (χ3n) is 4.16. The highest BCUT2D eigenvalue weighted by Crippen LogP contribution is 2.30. The largest absolute Gasteiger partial charge is 0.468 e. The van der Waals surface area contributed by atoms with Gasteiger partial charge in [0.25, 0.3) is 0 Å². The lowest BCUT2D eigenvalue weighted by Crippen LogP contribution is -2.12. The average Bonchev–Trinajstić information content (AvgIpc) is 2.81. The Labute approximate surface area is 143 Å². The highest BCUT2D eigenvalue weighted by atomic mass is 35.5. The first-order valence-electron chi connectivity index (χ1n) is 7.51. The molecule has 0 radical (unpaired) electrons. The van der Waals surface area contributed by atoms with Gasteiger partial charge in [-0.05, 0) is 36.2 Å². The summed E-state index contributed by atoms with van der Waals surface area (Å²) >= 11 is 6.16. The van der Waals surface area contributed by atoms with Crippen LogP contribution < -0.4 is 5.56 Å². The van der Waals surface area contributed by atoms with E-state index in [0.29, 0.717) is 11.4 Å². The van der Waals surface area contributed by atoms with Crippen molar-refractivity contribution in [2.75, 3.05) is 7.11 Å². The number of aromatic nitrogens is 2. The van der Waals surface area contributed by atoms with Crippen LogP contribution in [0.25, 0.3) is 10.9 Å². The Balaban J connectivity index is 2.13. The predicted molar refractivity (Wildman–Crippen MR) is 93.6 cm³/mol. The molecule has 0 saturated carbocycles. The van der Waals surface area contributed by atoms with Crippen LogP contribution in [0, 0.1) is 6.92 Å².